The first kappa shape index (κ1) is 17.5. The van der Waals surface area contributed by atoms with Crippen LogP contribution in [0.25, 0.3) is 0 Å². The van der Waals surface area contributed by atoms with Gasteiger partial charge in [0.15, 0.2) is 0 Å². The predicted octanol–water partition coefficient (Wildman–Crippen LogP) is 5.07. The van der Waals surface area contributed by atoms with E-state index in [1.165, 1.54) is 57.8 Å². The van der Waals surface area contributed by atoms with Crippen LogP contribution >= 0.6 is 0 Å². The zero-order valence-corrected chi connectivity index (χ0v) is 13.9. The Balaban J connectivity index is 2.05. The summed E-state index contributed by atoms with van der Waals surface area (Å²) in [5, 5.41) is 3.27. The zero-order chi connectivity index (χ0) is 14.8. The minimum atomic E-state index is 0.282. The molecule has 0 aliphatic heterocycles. The van der Waals surface area contributed by atoms with Crippen molar-refractivity contribution in [2.45, 2.75) is 97.4 Å². The summed E-state index contributed by atoms with van der Waals surface area (Å²) in [7, 11) is 0. The number of carbonyl (C=O) groups excluding carboxylic acids is 1. The van der Waals surface area contributed by atoms with E-state index < -0.39 is 0 Å². The second-order valence-corrected chi connectivity index (χ2v) is 6.81. The van der Waals surface area contributed by atoms with Crippen LogP contribution in [-0.2, 0) is 4.79 Å². The molecule has 0 aromatic heterocycles. The third kappa shape index (κ3) is 6.76. The maximum absolute atomic E-state index is 12.0. The normalized spacial score (nSPS) is 26.4. The van der Waals surface area contributed by atoms with Crippen molar-refractivity contribution in [1.82, 2.24) is 5.32 Å². The van der Waals surface area contributed by atoms with Crippen molar-refractivity contribution in [2.24, 2.45) is 11.8 Å². The number of unbranched alkanes of at least 4 members (excludes halogenated alkanes) is 6. The molecule has 1 aliphatic carbocycles. The van der Waals surface area contributed by atoms with Gasteiger partial charge in [-0.3, -0.25) is 4.79 Å². The first-order chi connectivity index (χ1) is 9.65. The van der Waals surface area contributed by atoms with E-state index >= 15 is 0 Å². The Morgan fingerprint density at radius 2 is 1.65 bits per heavy atom. The summed E-state index contributed by atoms with van der Waals surface area (Å²) in [6.07, 6.45) is 13.4. The van der Waals surface area contributed by atoms with E-state index in [1.54, 1.807) is 0 Å². The molecule has 118 valence electrons. The lowest BCUT2D eigenvalue weighted by molar-refractivity contribution is -0.122. The van der Waals surface area contributed by atoms with Gasteiger partial charge in [0.1, 0.15) is 0 Å². The molecular formula is C18H35NO. The van der Waals surface area contributed by atoms with Gasteiger partial charge in [-0.1, -0.05) is 72.1 Å². The van der Waals surface area contributed by atoms with Crippen LogP contribution < -0.4 is 5.32 Å². The van der Waals surface area contributed by atoms with Gasteiger partial charge in [0.05, 0.1) is 0 Å². The lowest BCUT2D eigenvalue weighted by Gasteiger charge is -2.34. The van der Waals surface area contributed by atoms with Crippen LogP contribution in [0.3, 0.4) is 0 Å². The highest BCUT2D eigenvalue weighted by Gasteiger charge is 2.27. The second kappa shape index (κ2) is 10.2. The standard InChI is InChI=1S/C18H35NO/c1-4-5-6-7-8-9-10-14-18(20)19-17-13-11-12-15(2)16(17)3/h15-17H,4-14H2,1-3H3,(H,19,20)/t15-,16-,17-/m1/s1. The maximum atomic E-state index is 12.0. The summed E-state index contributed by atoms with van der Waals surface area (Å²) in [4.78, 5) is 12.0. The van der Waals surface area contributed by atoms with Crippen molar-refractivity contribution < 1.29 is 4.79 Å². The molecule has 1 saturated carbocycles. The Labute approximate surface area is 126 Å². The number of hydrogen-bond donors (Lipinski definition) is 1. The molecule has 1 N–H and O–H groups in total. The van der Waals surface area contributed by atoms with Crippen molar-refractivity contribution in [3.05, 3.63) is 0 Å². The van der Waals surface area contributed by atoms with Crippen LogP contribution in [0.1, 0.15) is 91.4 Å². The Morgan fingerprint density at radius 1 is 1.00 bits per heavy atom. The fourth-order valence-electron chi connectivity index (χ4n) is 3.31. The van der Waals surface area contributed by atoms with E-state index in [4.69, 9.17) is 0 Å². The molecule has 0 heterocycles. The van der Waals surface area contributed by atoms with E-state index in [-0.39, 0.29) is 5.91 Å². The average molecular weight is 281 g/mol. The van der Waals surface area contributed by atoms with Gasteiger partial charge in [0, 0.05) is 12.5 Å². The monoisotopic (exact) mass is 281 g/mol. The highest BCUT2D eigenvalue weighted by molar-refractivity contribution is 5.76. The number of carbonyl (C=O) groups is 1. The van der Waals surface area contributed by atoms with Crippen LogP contribution in [0.5, 0.6) is 0 Å². The molecule has 0 aromatic carbocycles. The SMILES string of the molecule is CCCCCCCCCC(=O)N[C@@H]1CCC[C@@H](C)[C@H]1C. The lowest BCUT2D eigenvalue weighted by Crippen LogP contribution is -2.43. The van der Waals surface area contributed by atoms with E-state index in [1.807, 2.05) is 0 Å². The molecule has 0 spiro atoms. The maximum Gasteiger partial charge on any atom is 0.220 e. The van der Waals surface area contributed by atoms with Crippen molar-refractivity contribution >= 4 is 5.91 Å². The molecule has 1 rings (SSSR count). The number of amides is 1. The first-order valence-electron chi connectivity index (χ1n) is 8.94. The minimum Gasteiger partial charge on any atom is -0.353 e. The van der Waals surface area contributed by atoms with Gasteiger partial charge in [-0.2, -0.15) is 0 Å². The Morgan fingerprint density at radius 3 is 2.35 bits per heavy atom. The second-order valence-electron chi connectivity index (χ2n) is 6.81. The van der Waals surface area contributed by atoms with Crippen LogP contribution in [0.15, 0.2) is 0 Å². The summed E-state index contributed by atoms with van der Waals surface area (Å²) in [5.74, 6) is 1.68. The smallest absolute Gasteiger partial charge is 0.220 e. The lowest BCUT2D eigenvalue weighted by atomic mass is 9.78. The number of nitrogens with one attached hydrogen (secondary N) is 1. The topological polar surface area (TPSA) is 29.1 Å². The number of rotatable bonds is 9. The molecule has 0 unspecified atom stereocenters. The molecule has 1 fully saturated rings. The van der Waals surface area contributed by atoms with Crippen LogP contribution in [0, 0.1) is 11.8 Å². The Kier molecular flexibility index (Phi) is 8.97. The van der Waals surface area contributed by atoms with Gasteiger partial charge >= 0.3 is 0 Å². The fraction of sp³-hybridized carbons (Fsp3) is 0.944. The fourth-order valence-corrected chi connectivity index (χ4v) is 3.31. The third-order valence-electron chi connectivity index (χ3n) is 5.06. The molecule has 0 bridgehead atoms. The molecule has 0 radical (unpaired) electrons. The van der Waals surface area contributed by atoms with Crippen molar-refractivity contribution in [1.29, 1.82) is 0 Å². The first-order valence-corrected chi connectivity index (χ1v) is 8.94. The summed E-state index contributed by atoms with van der Waals surface area (Å²) >= 11 is 0. The van der Waals surface area contributed by atoms with Gasteiger partial charge in [0.25, 0.3) is 0 Å². The third-order valence-corrected chi connectivity index (χ3v) is 5.06. The molecule has 0 saturated heterocycles. The highest BCUT2D eigenvalue weighted by atomic mass is 16.1. The van der Waals surface area contributed by atoms with Gasteiger partial charge in [-0.25, -0.2) is 0 Å². The van der Waals surface area contributed by atoms with Crippen molar-refractivity contribution in [2.75, 3.05) is 0 Å². The quantitative estimate of drug-likeness (QED) is 0.587. The molecule has 1 aliphatic rings. The minimum absolute atomic E-state index is 0.282. The van der Waals surface area contributed by atoms with Gasteiger partial charge in [-0.05, 0) is 24.7 Å². The van der Waals surface area contributed by atoms with Crippen molar-refractivity contribution in [3.8, 4) is 0 Å². The van der Waals surface area contributed by atoms with E-state index in [0.29, 0.717) is 12.0 Å². The van der Waals surface area contributed by atoms with Crippen LogP contribution in [0.4, 0.5) is 0 Å². The van der Waals surface area contributed by atoms with Crippen molar-refractivity contribution in [3.63, 3.8) is 0 Å². The Hall–Kier alpha value is -0.530. The Bertz CT molecular complexity index is 264. The molecular weight excluding hydrogens is 246 g/mol. The summed E-state index contributed by atoms with van der Waals surface area (Å²) in [6, 6.07) is 0.427. The average Bonchev–Trinajstić information content (AvgIpc) is 2.43. The van der Waals surface area contributed by atoms with Gasteiger partial charge in [-0.15, -0.1) is 0 Å². The largest absolute Gasteiger partial charge is 0.353 e. The molecule has 20 heavy (non-hydrogen) atoms. The zero-order valence-electron chi connectivity index (χ0n) is 13.9. The van der Waals surface area contributed by atoms with E-state index in [2.05, 4.69) is 26.1 Å². The molecule has 2 heteroatoms. The van der Waals surface area contributed by atoms with Crippen LogP contribution in [-0.4, -0.2) is 11.9 Å². The molecule has 0 aromatic rings. The summed E-state index contributed by atoms with van der Waals surface area (Å²) in [5.41, 5.74) is 0. The summed E-state index contributed by atoms with van der Waals surface area (Å²) in [6.45, 7) is 6.86. The van der Waals surface area contributed by atoms with E-state index in [9.17, 15) is 4.79 Å². The molecule has 1 amide bonds. The predicted molar refractivity (Wildman–Crippen MR) is 86.7 cm³/mol. The van der Waals surface area contributed by atoms with Crippen LogP contribution in [0.2, 0.25) is 0 Å². The van der Waals surface area contributed by atoms with Gasteiger partial charge < -0.3 is 5.32 Å². The summed E-state index contributed by atoms with van der Waals surface area (Å²) < 4.78 is 0. The molecule has 3 atom stereocenters. The van der Waals surface area contributed by atoms with E-state index in [0.717, 1.165) is 18.8 Å². The number of hydrogen-bond acceptors (Lipinski definition) is 1. The van der Waals surface area contributed by atoms with Gasteiger partial charge in [0.2, 0.25) is 5.91 Å². The molecule has 2 nitrogen and oxygen atoms in total. The highest BCUT2D eigenvalue weighted by Crippen LogP contribution is 2.29.